The Morgan fingerprint density at radius 2 is 2.43 bits per heavy atom. The summed E-state index contributed by atoms with van der Waals surface area (Å²) in [7, 11) is 1.70. The molecule has 4 nitrogen and oxygen atoms in total. The number of allylic oxidation sites excluding steroid dienone is 1. The van der Waals surface area contributed by atoms with Gasteiger partial charge in [0.15, 0.2) is 11.6 Å². The SMILES string of the molecule is CN/C=C(\C=N)c1cnc(N)c(F)c1. The summed E-state index contributed by atoms with van der Waals surface area (Å²) in [6.07, 6.45) is 4.12. The minimum Gasteiger partial charge on any atom is -0.393 e. The molecular weight excluding hydrogens is 183 g/mol. The zero-order valence-corrected chi connectivity index (χ0v) is 7.71. The second kappa shape index (κ2) is 4.36. The zero-order chi connectivity index (χ0) is 10.6. The van der Waals surface area contributed by atoms with E-state index in [1.165, 1.54) is 12.3 Å². The van der Waals surface area contributed by atoms with Gasteiger partial charge < -0.3 is 16.5 Å². The molecule has 1 heterocycles. The fraction of sp³-hybridized carbons (Fsp3) is 0.111. The lowest BCUT2D eigenvalue weighted by atomic mass is 10.1. The average Bonchev–Trinajstić information content (AvgIpc) is 2.19. The first-order valence-corrected chi connectivity index (χ1v) is 3.98. The van der Waals surface area contributed by atoms with Crippen LogP contribution in [0.15, 0.2) is 18.5 Å². The molecule has 0 aliphatic rings. The molecule has 1 aromatic rings. The number of rotatable bonds is 3. The van der Waals surface area contributed by atoms with Gasteiger partial charge in [0.05, 0.1) is 0 Å². The Bertz CT molecular complexity index is 373. The number of anilines is 1. The maximum Gasteiger partial charge on any atom is 0.165 e. The Morgan fingerprint density at radius 3 is 2.93 bits per heavy atom. The Balaban J connectivity index is 3.12. The van der Waals surface area contributed by atoms with E-state index in [-0.39, 0.29) is 5.82 Å². The second-order valence-electron chi connectivity index (χ2n) is 2.62. The molecule has 4 N–H and O–H groups in total. The first-order chi connectivity index (χ1) is 6.69. The van der Waals surface area contributed by atoms with E-state index < -0.39 is 5.82 Å². The molecule has 0 spiro atoms. The van der Waals surface area contributed by atoms with Crippen molar-refractivity contribution in [3.05, 3.63) is 29.8 Å². The first-order valence-electron chi connectivity index (χ1n) is 3.98. The molecular formula is C9H11FN4. The number of aromatic nitrogens is 1. The number of hydrogen-bond donors (Lipinski definition) is 3. The lowest BCUT2D eigenvalue weighted by Crippen LogP contribution is -2.00. The minimum absolute atomic E-state index is 0.137. The molecule has 74 valence electrons. The molecule has 1 aromatic heterocycles. The fourth-order valence-electron chi connectivity index (χ4n) is 0.970. The van der Waals surface area contributed by atoms with Gasteiger partial charge in [-0.1, -0.05) is 0 Å². The van der Waals surface area contributed by atoms with Gasteiger partial charge in [0, 0.05) is 36.8 Å². The third-order valence-electron chi connectivity index (χ3n) is 1.66. The van der Waals surface area contributed by atoms with Crippen molar-refractivity contribution in [3.8, 4) is 0 Å². The summed E-state index contributed by atoms with van der Waals surface area (Å²) < 4.78 is 13.0. The third-order valence-corrected chi connectivity index (χ3v) is 1.66. The highest BCUT2D eigenvalue weighted by molar-refractivity contribution is 6.08. The van der Waals surface area contributed by atoms with Gasteiger partial charge in [-0.2, -0.15) is 0 Å². The molecule has 0 radical (unpaired) electrons. The smallest absolute Gasteiger partial charge is 0.165 e. The molecule has 0 unspecified atom stereocenters. The molecule has 0 amide bonds. The number of nitrogen functional groups attached to an aromatic ring is 1. The van der Waals surface area contributed by atoms with Crippen LogP contribution in [0.2, 0.25) is 0 Å². The van der Waals surface area contributed by atoms with Gasteiger partial charge in [-0.05, 0) is 6.07 Å². The number of hydrogen-bond acceptors (Lipinski definition) is 4. The highest BCUT2D eigenvalue weighted by Crippen LogP contribution is 2.14. The van der Waals surface area contributed by atoms with Gasteiger partial charge in [0.25, 0.3) is 0 Å². The molecule has 0 fully saturated rings. The Morgan fingerprint density at radius 1 is 1.71 bits per heavy atom. The van der Waals surface area contributed by atoms with Crippen molar-refractivity contribution in [2.75, 3.05) is 12.8 Å². The van der Waals surface area contributed by atoms with E-state index in [1.54, 1.807) is 13.2 Å². The highest BCUT2D eigenvalue weighted by atomic mass is 19.1. The summed E-state index contributed by atoms with van der Waals surface area (Å²) in [6, 6.07) is 1.25. The van der Waals surface area contributed by atoms with Gasteiger partial charge in [0.2, 0.25) is 0 Å². The van der Waals surface area contributed by atoms with Crippen LogP contribution in [-0.2, 0) is 0 Å². The number of pyridine rings is 1. The molecule has 1 rings (SSSR count). The minimum atomic E-state index is -0.577. The summed E-state index contributed by atoms with van der Waals surface area (Å²) in [5.74, 6) is -0.714. The molecule has 0 saturated carbocycles. The van der Waals surface area contributed by atoms with E-state index in [9.17, 15) is 4.39 Å². The Hall–Kier alpha value is -1.91. The van der Waals surface area contributed by atoms with E-state index in [4.69, 9.17) is 11.1 Å². The van der Waals surface area contributed by atoms with Crippen LogP contribution in [0.3, 0.4) is 0 Å². The highest BCUT2D eigenvalue weighted by Gasteiger charge is 2.03. The van der Waals surface area contributed by atoms with Crippen LogP contribution in [0.5, 0.6) is 0 Å². The average molecular weight is 194 g/mol. The van der Waals surface area contributed by atoms with Crippen molar-refractivity contribution in [2.24, 2.45) is 0 Å². The molecule has 5 heteroatoms. The molecule has 14 heavy (non-hydrogen) atoms. The van der Waals surface area contributed by atoms with Crippen molar-refractivity contribution in [3.63, 3.8) is 0 Å². The van der Waals surface area contributed by atoms with E-state index in [2.05, 4.69) is 10.3 Å². The van der Waals surface area contributed by atoms with E-state index in [1.807, 2.05) is 0 Å². The molecule has 0 bridgehead atoms. The largest absolute Gasteiger partial charge is 0.393 e. The van der Waals surface area contributed by atoms with E-state index in [0.717, 1.165) is 6.21 Å². The zero-order valence-electron chi connectivity index (χ0n) is 7.71. The number of nitrogens with two attached hydrogens (primary N) is 1. The van der Waals surface area contributed by atoms with Crippen LogP contribution < -0.4 is 11.1 Å². The molecule has 0 atom stereocenters. The third kappa shape index (κ3) is 2.07. The van der Waals surface area contributed by atoms with Crippen molar-refractivity contribution < 1.29 is 4.39 Å². The first kappa shape index (κ1) is 10.2. The fourth-order valence-corrected chi connectivity index (χ4v) is 0.970. The van der Waals surface area contributed by atoms with Crippen LogP contribution in [0, 0.1) is 11.2 Å². The number of nitrogens with zero attached hydrogens (tertiary/aromatic N) is 1. The van der Waals surface area contributed by atoms with Crippen LogP contribution in [-0.4, -0.2) is 18.2 Å². The quantitative estimate of drug-likeness (QED) is 0.629. The van der Waals surface area contributed by atoms with Crippen LogP contribution in [0.4, 0.5) is 10.2 Å². The maximum absolute atomic E-state index is 13.0. The second-order valence-corrected chi connectivity index (χ2v) is 2.62. The monoisotopic (exact) mass is 194 g/mol. The summed E-state index contributed by atoms with van der Waals surface area (Å²) in [5.41, 5.74) is 6.28. The van der Waals surface area contributed by atoms with Crippen molar-refractivity contribution in [2.45, 2.75) is 0 Å². The summed E-state index contributed by atoms with van der Waals surface area (Å²) in [4.78, 5) is 3.66. The van der Waals surface area contributed by atoms with Crippen LogP contribution in [0.25, 0.3) is 5.57 Å². The van der Waals surface area contributed by atoms with E-state index >= 15 is 0 Å². The van der Waals surface area contributed by atoms with Crippen molar-refractivity contribution in [1.29, 1.82) is 5.41 Å². The molecule has 0 aromatic carbocycles. The lowest BCUT2D eigenvalue weighted by Gasteiger charge is -2.02. The van der Waals surface area contributed by atoms with Crippen LogP contribution >= 0.6 is 0 Å². The van der Waals surface area contributed by atoms with Crippen molar-refractivity contribution >= 4 is 17.6 Å². The van der Waals surface area contributed by atoms with Crippen LogP contribution in [0.1, 0.15) is 5.56 Å². The molecule has 0 aliphatic heterocycles. The Labute approximate surface area is 81.2 Å². The Kier molecular flexibility index (Phi) is 3.17. The maximum atomic E-state index is 13.0. The summed E-state index contributed by atoms with van der Waals surface area (Å²) >= 11 is 0. The number of nitrogens with one attached hydrogen (secondary N) is 2. The van der Waals surface area contributed by atoms with Gasteiger partial charge >= 0.3 is 0 Å². The van der Waals surface area contributed by atoms with Gasteiger partial charge in [-0.15, -0.1) is 0 Å². The molecule has 0 saturated heterocycles. The standard InChI is InChI=1S/C9H11FN4/c1-13-4-7(3-11)6-2-8(10)9(12)14-5-6/h2-5,11,13H,1H3,(H2,12,14)/b7-4+,11-3?. The summed E-state index contributed by atoms with van der Waals surface area (Å²) in [6.45, 7) is 0. The lowest BCUT2D eigenvalue weighted by molar-refractivity contribution is 0.627. The van der Waals surface area contributed by atoms with Gasteiger partial charge in [-0.3, -0.25) is 0 Å². The predicted molar refractivity (Wildman–Crippen MR) is 54.4 cm³/mol. The normalized spacial score (nSPS) is 11.1. The van der Waals surface area contributed by atoms with Crippen molar-refractivity contribution in [1.82, 2.24) is 10.3 Å². The number of halogens is 1. The van der Waals surface area contributed by atoms with Gasteiger partial charge in [-0.25, -0.2) is 9.37 Å². The van der Waals surface area contributed by atoms with Gasteiger partial charge in [0.1, 0.15) is 0 Å². The van der Waals surface area contributed by atoms with E-state index in [0.29, 0.717) is 11.1 Å². The molecule has 0 aliphatic carbocycles. The topological polar surface area (TPSA) is 74.8 Å². The predicted octanol–water partition coefficient (Wildman–Crippen LogP) is 1.01. The summed E-state index contributed by atoms with van der Waals surface area (Å²) in [5, 5.41) is 9.87.